The lowest BCUT2D eigenvalue weighted by molar-refractivity contribution is -0.118. The minimum Gasteiger partial charge on any atom is -0.402 e. The molecule has 0 aliphatic carbocycles. The summed E-state index contributed by atoms with van der Waals surface area (Å²) >= 11 is 0. The molecule has 88 valence electrons. The molecule has 0 bridgehead atoms. The summed E-state index contributed by atoms with van der Waals surface area (Å²) in [5.41, 5.74) is 6.69. The summed E-state index contributed by atoms with van der Waals surface area (Å²) in [6.45, 7) is 8.31. The van der Waals surface area contributed by atoms with Gasteiger partial charge in [0.05, 0.1) is 0 Å². The molecule has 0 radical (unpaired) electrons. The average molecular weight is 211 g/mol. The molecule has 0 amide bonds. The number of ketones is 1. The van der Waals surface area contributed by atoms with Crippen LogP contribution in [0.1, 0.15) is 53.4 Å². The fourth-order valence-electron chi connectivity index (χ4n) is 1.85. The molecule has 15 heavy (non-hydrogen) atoms. The highest BCUT2D eigenvalue weighted by atomic mass is 16.1. The molecule has 2 N–H and O–H groups in total. The smallest absolute Gasteiger partial charge is 0.160 e. The van der Waals surface area contributed by atoms with Crippen LogP contribution in [0.4, 0.5) is 0 Å². The summed E-state index contributed by atoms with van der Waals surface area (Å²) < 4.78 is 0. The predicted molar refractivity (Wildman–Crippen MR) is 65.4 cm³/mol. The van der Waals surface area contributed by atoms with Crippen LogP contribution in [0.3, 0.4) is 0 Å². The van der Waals surface area contributed by atoms with E-state index in [9.17, 15) is 4.79 Å². The van der Waals surface area contributed by atoms with Crippen molar-refractivity contribution in [3.05, 3.63) is 11.8 Å². The van der Waals surface area contributed by atoms with Crippen molar-refractivity contribution in [1.82, 2.24) is 0 Å². The van der Waals surface area contributed by atoms with Gasteiger partial charge in [0.25, 0.3) is 0 Å². The Bertz CT molecular complexity index is 213. The number of nitrogens with two attached hydrogens (primary N) is 1. The van der Waals surface area contributed by atoms with Crippen LogP contribution in [0, 0.1) is 11.8 Å². The third kappa shape index (κ3) is 4.50. The average Bonchev–Trinajstić information content (AvgIpc) is 2.21. The molecule has 0 rings (SSSR count). The summed E-state index contributed by atoms with van der Waals surface area (Å²) in [5.74, 6) is 0.714. The van der Waals surface area contributed by atoms with Crippen LogP contribution < -0.4 is 5.73 Å². The molecule has 0 aromatic carbocycles. The first-order valence-corrected chi connectivity index (χ1v) is 6.11. The third-order valence-electron chi connectivity index (χ3n) is 3.15. The van der Waals surface area contributed by atoms with E-state index in [4.69, 9.17) is 5.73 Å². The lowest BCUT2D eigenvalue weighted by Gasteiger charge is -2.14. The van der Waals surface area contributed by atoms with Gasteiger partial charge in [0, 0.05) is 17.7 Å². The van der Waals surface area contributed by atoms with Crippen LogP contribution in [0.25, 0.3) is 0 Å². The summed E-state index contributed by atoms with van der Waals surface area (Å²) in [6.07, 6.45) is 5.49. The van der Waals surface area contributed by atoms with Gasteiger partial charge >= 0.3 is 0 Å². The van der Waals surface area contributed by atoms with Crippen LogP contribution in [0.15, 0.2) is 11.8 Å². The van der Waals surface area contributed by atoms with E-state index in [0.29, 0.717) is 5.92 Å². The molecule has 0 fully saturated rings. The lowest BCUT2D eigenvalue weighted by atomic mass is 9.93. The van der Waals surface area contributed by atoms with Gasteiger partial charge < -0.3 is 5.73 Å². The Balaban J connectivity index is 4.51. The van der Waals surface area contributed by atoms with Crippen molar-refractivity contribution in [3.63, 3.8) is 0 Å². The van der Waals surface area contributed by atoms with E-state index in [1.54, 1.807) is 6.08 Å². The quantitative estimate of drug-likeness (QED) is 0.657. The van der Waals surface area contributed by atoms with E-state index in [1.807, 2.05) is 13.8 Å². The molecule has 0 saturated carbocycles. The molecule has 0 heterocycles. The highest BCUT2D eigenvalue weighted by molar-refractivity contribution is 5.92. The van der Waals surface area contributed by atoms with Crippen LogP contribution >= 0.6 is 0 Å². The van der Waals surface area contributed by atoms with Crippen molar-refractivity contribution in [2.45, 2.75) is 53.4 Å². The van der Waals surface area contributed by atoms with Crippen molar-refractivity contribution in [3.8, 4) is 0 Å². The maximum atomic E-state index is 11.8. The van der Waals surface area contributed by atoms with Gasteiger partial charge in [-0.3, -0.25) is 4.79 Å². The van der Waals surface area contributed by atoms with Crippen molar-refractivity contribution in [1.29, 1.82) is 0 Å². The molecule has 2 heteroatoms. The second-order valence-corrected chi connectivity index (χ2v) is 4.07. The lowest BCUT2D eigenvalue weighted by Crippen LogP contribution is -2.16. The van der Waals surface area contributed by atoms with Crippen molar-refractivity contribution < 1.29 is 4.79 Å². The zero-order chi connectivity index (χ0) is 11.8. The monoisotopic (exact) mass is 211 g/mol. The van der Waals surface area contributed by atoms with Gasteiger partial charge in [0.15, 0.2) is 5.78 Å². The molecule has 0 spiro atoms. The first kappa shape index (κ1) is 14.2. The standard InChI is InChI=1S/C13H25NO/c1-5-10(6-2)12(14)9-13(15)11(7-3)8-4/h9-11H,5-8,14H2,1-4H3. The largest absolute Gasteiger partial charge is 0.402 e. The Morgan fingerprint density at radius 3 is 1.73 bits per heavy atom. The summed E-state index contributed by atoms with van der Waals surface area (Å²) in [5, 5.41) is 0. The molecular formula is C13H25NO. The van der Waals surface area contributed by atoms with Crippen molar-refractivity contribution in [2.24, 2.45) is 17.6 Å². The van der Waals surface area contributed by atoms with Crippen LogP contribution in [-0.4, -0.2) is 5.78 Å². The Labute approximate surface area is 93.9 Å². The minimum absolute atomic E-state index is 0.151. The van der Waals surface area contributed by atoms with E-state index >= 15 is 0 Å². The van der Waals surface area contributed by atoms with E-state index < -0.39 is 0 Å². The van der Waals surface area contributed by atoms with Gasteiger partial charge in [-0.05, 0) is 31.6 Å². The van der Waals surface area contributed by atoms with Crippen LogP contribution in [-0.2, 0) is 4.79 Å². The Hall–Kier alpha value is -0.790. The van der Waals surface area contributed by atoms with E-state index in [-0.39, 0.29) is 11.7 Å². The van der Waals surface area contributed by atoms with Crippen LogP contribution in [0.5, 0.6) is 0 Å². The third-order valence-corrected chi connectivity index (χ3v) is 3.15. The first-order chi connectivity index (χ1) is 7.10. The van der Waals surface area contributed by atoms with Crippen molar-refractivity contribution >= 4 is 5.78 Å². The highest BCUT2D eigenvalue weighted by Crippen LogP contribution is 2.17. The molecule has 0 aromatic heterocycles. The van der Waals surface area contributed by atoms with E-state index in [1.165, 1.54) is 0 Å². The maximum Gasteiger partial charge on any atom is 0.160 e. The number of carbonyl (C=O) groups is 1. The Morgan fingerprint density at radius 1 is 1.00 bits per heavy atom. The fraction of sp³-hybridized carbons (Fsp3) is 0.769. The molecule has 0 unspecified atom stereocenters. The van der Waals surface area contributed by atoms with Gasteiger partial charge in [0.1, 0.15) is 0 Å². The second kappa shape index (κ2) is 7.49. The van der Waals surface area contributed by atoms with Gasteiger partial charge in [-0.15, -0.1) is 0 Å². The molecular weight excluding hydrogens is 186 g/mol. The molecule has 0 aliphatic heterocycles. The Morgan fingerprint density at radius 2 is 1.40 bits per heavy atom. The maximum absolute atomic E-state index is 11.8. The van der Waals surface area contributed by atoms with Gasteiger partial charge in [-0.25, -0.2) is 0 Å². The molecule has 0 saturated heterocycles. The summed E-state index contributed by atoms with van der Waals surface area (Å²) in [6, 6.07) is 0. The van der Waals surface area contributed by atoms with Crippen LogP contribution in [0.2, 0.25) is 0 Å². The zero-order valence-electron chi connectivity index (χ0n) is 10.5. The topological polar surface area (TPSA) is 43.1 Å². The number of allylic oxidation sites excluding steroid dienone is 2. The van der Waals surface area contributed by atoms with E-state index in [2.05, 4.69) is 13.8 Å². The van der Waals surface area contributed by atoms with E-state index in [0.717, 1.165) is 31.4 Å². The summed E-state index contributed by atoms with van der Waals surface area (Å²) in [4.78, 5) is 11.8. The molecule has 0 aromatic rings. The summed E-state index contributed by atoms with van der Waals surface area (Å²) in [7, 11) is 0. The molecule has 2 nitrogen and oxygen atoms in total. The fourth-order valence-corrected chi connectivity index (χ4v) is 1.85. The van der Waals surface area contributed by atoms with Gasteiger partial charge in [-0.2, -0.15) is 0 Å². The van der Waals surface area contributed by atoms with Gasteiger partial charge in [-0.1, -0.05) is 27.7 Å². The predicted octanol–water partition coefficient (Wildman–Crippen LogP) is 3.27. The molecule has 0 aliphatic rings. The number of rotatable bonds is 7. The molecule has 0 atom stereocenters. The zero-order valence-corrected chi connectivity index (χ0v) is 10.5. The SMILES string of the molecule is CCC(CC)C(=O)C=C(N)C(CC)CC. The normalized spacial score (nSPS) is 12.5. The second-order valence-electron chi connectivity index (χ2n) is 4.07. The number of hydrogen-bond donors (Lipinski definition) is 1. The minimum atomic E-state index is 0.151. The highest BCUT2D eigenvalue weighted by Gasteiger charge is 2.14. The Kier molecular flexibility index (Phi) is 7.10. The first-order valence-electron chi connectivity index (χ1n) is 6.11. The number of carbonyl (C=O) groups excluding carboxylic acids is 1. The van der Waals surface area contributed by atoms with Gasteiger partial charge in [0.2, 0.25) is 0 Å². The van der Waals surface area contributed by atoms with Crippen molar-refractivity contribution in [2.75, 3.05) is 0 Å². The number of hydrogen-bond acceptors (Lipinski definition) is 2.